The number of unbranched alkanes of at least 4 members (excludes halogenated alkanes) is 1. The number of carbonyl (C=O) groups excluding carboxylic acids is 1. The topological polar surface area (TPSA) is 45.2 Å². The molecule has 0 unspecified atom stereocenters. The Bertz CT molecular complexity index is 1100. The van der Waals surface area contributed by atoms with E-state index in [1.807, 2.05) is 18.3 Å². The summed E-state index contributed by atoms with van der Waals surface area (Å²) in [6.07, 6.45) is 12.1. The Kier molecular flexibility index (Phi) is 7.23. The molecule has 4 nitrogen and oxygen atoms in total. The van der Waals surface area contributed by atoms with Crippen molar-refractivity contribution in [3.05, 3.63) is 83.7 Å². The Balaban J connectivity index is 1.01. The van der Waals surface area contributed by atoms with Crippen molar-refractivity contribution in [1.29, 1.82) is 0 Å². The molecule has 0 bridgehead atoms. The fourth-order valence-electron chi connectivity index (χ4n) is 5.58. The Morgan fingerprint density at radius 3 is 2.68 bits per heavy atom. The second-order valence-electron chi connectivity index (χ2n) is 9.77. The molecule has 176 valence electrons. The first-order chi connectivity index (χ1) is 16.8. The number of hydrogen-bond acceptors (Lipinski definition) is 3. The number of rotatable bonds is 9. The molecule has 0 radical (unpaired) electrons. The zero-order valence-electron chi connectivity index (χ0n) is 20.0. The van der Waals surface area contributed by atoms with E-state index < -0.39 is 0 Å². The van der Waals surface area contributed by atoms with E-state index in [4.69, 9.17) is 0 Å². The van der Waals surface area contributed by atoms with Crippen molar-refractivity contribution >= 4 is 11.6 Å². The normalized spacial score (nSPS) is 15.1. The molecule has 1 aromatic heterocycles. The average Bonchev–Trinajstić information content (AvgIpc) is 3.27. The number of aromatic nitrogens is 1. The van der Waals surface area contributed by atoms with E-state index in [2.05, 4.69) is 57.7 Å². The summed E-state index contributed by atoms with van der Waals surface area (Å²) in [4.78, 5) is 18.8. The van der Waals surface area contributed by atoms with Gasteiger partial charge in [0.2, 0.25) is 5.91 Å². The van der Waals surface area contributed by atoms with Crippen molar-refractivity contribution in [2.24, 2.45) is 5.92 Å². The summed E-state index contributed by atoms with van der Waals surface area (Å²) in [5, 5.41) is 3.08. The molecule has 2 aromatic carbocycles. The van der Waals surface area contributed by atoms with E-state index >= 15 is 0 Å². The van der Waals surface area contributed by atoms with Gasteiger partial charge in [-0.05, 0) is 71.6 Å². The number of carbonyl (C=O) groups is 1. The molecule has 1 aliphatic heterocycles. The number of fused-ring (bicyclic) bond motifs is 3. The molecule has 0 spiro atoms. The van der Waals surface area contributed by atoms with Crippen molar-refractivity contribution in [2.75, 3.05) is 24.5 Å². The van der Waals surface area contributed by atoms with Crippen LogP contribution in [0, 0.1) is 5.92 Å². The summed E-state index contributed by atoms with van der Waals surface area (Å²) < 4.78 is 0. The predicted octanol–water partition coefficient (Wildman–Crippen LogP) is 5.79. The van der Waals surface area contributed by atoms with Crippen LogP contribution in [0.4, 0.5) is 5.69 Å². The van der Waals surface area contributed by atoms with Gasteiger partial charge in [0.1, 0.15) is 0 Å². The van der Waals surface area contributed by atoms with Gasteiger partial charge in [0.05, 0.1) is 0 Å². The lowest BCUT2D eigenvalue weighted by molar-refractivity contribution is -0.121. The second-order valence-corrected chi connectivity index (χ2v) is 9.77. The summed E-state index contributed by atoms with van der Waals surface area (Å²) in [5.41, 5.74) is 8.39. The van der Waals surface area contributed by atoms with Crippen molar-refractivity contribution in [2.45, 2.75) is 51.4 Å². The van der Waals surface area contributed by atoms with E-state index in [0.717, 1.165) is 50.4 Å². The number of benzene rings is 2. The third-order valence-corrected chi connectivity index (χ3v) is 7.51. The fraction of sp³-hybridized carbons (Fsp3) is 0.400. The van der Waals surface area contributed by atoms with Crippen LogP contribution in [0.2, 0.25) is 0 Å². The quantitative estimate of drug-likeness (QED) is 0.326. The molecule has 2 aliphatic rings. The monoisotopic (exact) mass is 453 g/mol. The highest BCUT2D eigenvalue weighted by atomic mass is 16.1. The maximum atomic E-state index is 12.1. The molecule has 0 saturated carbocycles. The molecule has 1 aliphatic carbocycles. The largest absolute Gasteiger partial charge is 0.371 e. The lowest BCUT2D eigenvalue weighted by Crippen LogP contribution is -2.34. The zero-order valence-corrected chi connectivity index (χ0v) is 20.0. The molecule has 3 aromatic rings. The van der Waals surface area contributed by atoms with Gasteiger partial charge in [-0.1, -0.05) is 55.3 Å². The minimum Gasteiger partial charge on any atom is -0.371 e. The van der Waals surface area contributed by atoms with E-state index in [0.29, 0.717) is 6.42 Å². The first-order valence-corrected chi connectivity index (χ1v) is 12.9. The molecule has 1 fully saturated rings. The standard InChI is InChI=1S/C30H35N3O/c34-30(14-13-24-8-6-17-31-22-24)32-18-4-3-7-23-15-19-33(20-16-23)29-12-5-11-27-26-10-2-1-9-25(26)21-28(27)29/h1-2,5-6,8-12,17,22-23H,3-4,7,13-16,18-21H2,(H,32,34). The summed E-state index contributed by atoms with van der Waals surface area (Å²) in [7, 11) is 0. The third-order valence-electron chi connectivity index (χ3n) is 7.51. The van der Waals surface area contributed by atoms with Gasteiger partial charge >= 0.3 is 0 Å². The lowest BCUT2D eigenvalue weighted by Gasteiger charge is -2.35. The zero-order chi connectivity index (χ0) is 23.2. The molecular weight excluding hydrogens is 418 g/mol. The number of hydrogen-bond donors (Lipinski definition) is 1. The van der Waals surface area contributed by atoms with Gasteiger partial charge in [0.15, 0.2) is 0 Å². The van der Waals surface area contributed by atoms with Gasteiger partial charge in [-0.25, -0.2) is 0 Å². The number of aryl methyl sites for hydroxylation is 1. The molecular formula is C30H35N3O. The Morgan fingerprint density at radius 1 is 0.971 bits per heavy atom. The van der Waals surface area contributed by atoms with Crippen molar-refractivity contribution < 1.29 is 4.79 Å². The smallest absolute Gasteiger partial charge is 0.220 e. The molecule has 5 rings (SSSR count). The van der Waals surface area contributed by atoms with Crippen LogP contribution in [0.1, 0.15) is 55.2 Å². The highest BCUT2D eigenvalue weighted by molar-refractivity contribution is 5.82. The third kappa shape index (κ3) is 5.32. The van der Waals surface area contributed by atoms with Gasteiger partial charge < -0.3 is 10.2 Å². The van der Waals surface area contributed by atoms with Crippen LogP contribution in [0.15, 0.2) is 67.0 Å². The van der Waals surface area contributed by atoms with Gasteiger partial charge in [-0.15, -0.1) is 0 Å². The molecule has 1 saturated heterocycles. The van der Waals surface area contributed by atoms with E-state index in [9.17, 15) is 4.79 Å². The average molecular weight is 454 g/mol. The van der Waals surface area contributed by atoms with Crippen LogP contribution in [-0.4, -0.2) is 30.5 Å². The van der Waals surface area contributed by atoms with Crippen LogP contribution >= 0.6 is 0 Å². The van der Waals surface area contributed by atoms with Crippen LogP contribution in [0.3, 0.4) is 0 Å². The summed E-state index contributed by atoms with van der Waals surface area (Å²) in [5.74, 6) is 0.959. The fourth-order valence-corrected chi connectivity index (χ4v) is 5.58. The number of nitrogens with one attached hydrogen (secondary N) is 1. The van der Waals surface area contributed by atoms with E-state index in [1.54, 1.807) is 6.20 Å². The summed E-state index contributed by atoms with van der Waals surface area (Å²) >= 11 is 0. The maximum Gasteiger partial charge on any atom is 0.220 e. The maximum absolute atomic E-state index is 12.1. The van der Waals surface area contributed by atoms with Gasteiger partial charge in [-0.2, -0.15) is 0 Å². The number of piperidine rings is 1. The summed E-state index contributed by atoms with van der Waals surface area (Å²) in [6.45, 7) is 3.10. The highest BCUT2D eigenvalue weighted by Gasteiger charge is 2.25. The highest BCUT2D eigenvalue weighted by Crippen LogP contribution is 2.42. The van der Waals surface area contributed by atoms with Crippen LogP contribution in [0.5, 0.6) is 0 Å². The molecule has 2 heterocycles. The molecule has 1 N–H and O–H groups in total. The summed E-state index contributed by atoms with van der Waals surface area (Å²) in [6, 6.07) is 19.6. The van der Waals surface area contributed by atoms with Crippen molar-refractivity contribution in [3.63, 3.8) is 0 Å². The Labute approximate surface area is 203 Å². The Morgan fingerprint density at radius 2 is 1.82 bits per heavy atom. The number of pyridine rings is 1. The van der Waals surface area contributed by atoms with Gasteiger partial charge in [-0.3, -0.25) is 9.78 Å². The van der Waals surface area contributed by atoms with Crippen molar-refractivity contribution in [1.82, 2.24) is 10.3 Å². The number of amides is 1. The first-order valence-electron chi connectivity index (χ1n) is 12.9. The van der Waals surface area contributed by atoms with E-state index in [-0.39, 0.29) is 5.91 Å². The first kappa shape index (κ1) is 22.6. The van der Waals surface area contributed by atoms with Crippen LogP contribution < -0.4 is 10.2 Å². The van der Waals surface area contributed by atoms with Gasteiger partial charge in [0.25, 0.3) is 0 Å². The SMILES string of the molecule is O=C(CCc1cccnc1)NCCCCC1CCN(c2cccc3c2Cc2ccccc2-3)CC1. The second kappa shape index (κ2) is 10.9. The number of nitrogens with zero attached hydrogens (tertiary/aromatic N) is 2. The Hall–Kier alpha value is -3.14. The molecule has 1 amide bonds. The van der Waals surface area contributed by atoms with Crippen LogP contribution in [0.25, 0.3) is 11.1 Å². The molecule has 34 heavy (non-hydrogen) atoms. The van der Waals surface area contributed by atoms with Crippen molar-refractivity contribution in [3.8, 4) is 11.1 Å². The number of anilines is 1. The predicted molar refractivity (Wildman–Crippen MR) is 139 cm³/mol. The van der Waals surface area contributed by atoms with Gasteiger partial charge in [0, 0.05) is 50.6 Å². The molecule has 4 heteroatoms. The lowest BCUT2D eigenvalue weighted by atomic mass is 9.90. The van der Waals surface area contributed by atoms with E-state index in [1.165, 1.54) is 53.6 Å². The minimum absolute atomic E-state index is 0.148. The molecule has 0 atom stereocenters. The van der Waals surface area contributed by atoms with Crippen LogP contribution in [-0.2, 0) is 17.6 Å². The minimum atomic E-state index is 0.148.